The van der Waals surface area contributed by atoms with Crippen LogP contribution in [0.2, 0.25) is 0 Å². The number of benzene rings is 1. The molecule has 0 fully saturated rings. The van der Waals surface area contributed by atoms with Crippen LogP contribution in [0.25, 0.3) is 15.9 Å². The van der Waals surface area contributed by atoms with Gasteiger partial charge in [-0.05, 0) is 55.5 Å². The number of carbonyl (C=O) groups excluding carboxylic acids is 1. The summed E-state index contributed by atoms with van der Waals surface area (Å²) in [6.45, 7) is 0. The van der Waals surface area contributed by atoms with Gasteiger partial charge in [0.2, 0.25) is 0 Å². The Labute approximate surface area is 187 Å². The number of aromatic nitrogens is 3. The standard InChI is InChI=1S/C23H21N3O3S2/c1-29-18-10-4-3-9-16(18)26-22(28)20-14-7-2-5-11-19(14)31-21(20)25-23(26)30-13-17(27)15-8-6-12-24-15/h3-4,6,8-10,12,24H,2,5,7,11,13H2,1H3. The topological polar surface area (TPSA) is 77.0 Å². The van der Waals surface area contributed by atoms with E-state index in [9.17, 15) is 9.59 Å². The maximum Gasteiger partial charge on any atom is 0.267 e. The minimum absolute atomic E-state index is 0.0404. The summed E-state index contributed by atoms with van der Waals surface area (Å²) in [4.78, 5) is 36.2. The van der Waals surface area contributed by atoms with Crippen LogP contribution in [-0.2, 0) is 12.8 Å². The number of aromatic amines is 1. The average molecular weight is 452 g/mol. The largest absolute Gasteiger partial charge is 0.495 e. The van der Waals surface area contributed by atoms with Crippen LogP contribution in [0.5, 0.6) is 5.75 Å². The fraction of sp³-hybridized carbons (Fsp3) is 0.261. The quantitative estimate of drug-likeness (QED) is 0.263. The molecule has 3 aromatic heterocycles. The van der Waals surface area contributed by atoms with E-state index in [0.29, 0.717) is 27.7 Å². The van der Waals surface area contributed by atoms with Crippen LogP contribution >= 0.6 is 23.1 Å². The zero-order chi connectivity index (χ0) is 21.4. The van der Waals surface area contributed by atoms with E-state index in [-0.39, 0.29) is 17.1 Å². The number of nitrogens with zero attached hydrogens (tertiary/aromatic N) is 2. The first-order valence-electron chi connectivity index (χ1n) is 10.2. The number of rotatable bonds is 6. The Morgan fingerprint density at radius 1 is 1.23 bits per heavy atom. The SMILES string of the molecule is COc1ccccc1-n1c(SCC(=O)c2ccc[nH]2)nc2sc3c(c2c1=O)CCCC3. The number of para-hydroxylation sites is 2. The molecule has 0 spiro atoms. The highest BCUT2D eigenvalue weighted by Crippen LogP contribution is 2.36. The van der Waals surface area contributed by atoms with Crippen molar-refractivity contribution in [3.63, 3.8) is 0 Å². The lowest BCUT2D eigenvalue weighted by Crippen LogP contribution is -2.23. The number of Topliss-reactive ketones (excluding diaryl/α,β-unsaturated/α-hetero) is 1. The van der Waals surface area contributed by atoms with E-state index < -0.39 is 0 Å². The van der Waals surface area contributed by atoms with E-state index >= 15 is 0 Å². The first-order valence-corrected chi connectivity index (χ1v) is 12.0. The molecule has 0 saturated carbocycles. The van der Waals surface area contributed by atoms with Gasteiger partial charge in [-0.3, -0.25) is 14.2 Å². The van der Waals surface area contributed by atoms with Crippen molar-refractivity contribution in [3.05, 3.63) is 69.1 Å². The fourth-order valence-corrected chi connectivity index (χ4v) is 6.21. The summed E-state index contributed by atoms with van der Waals surface area (Å²) in [5, 5.41) is 1.21. The van der Waals surface area contributed by atoms with Crippen LogP contribution < -0.4 is 10.3 Å². The Bertz CT molecular complexity index is 1320. The maximum atomic E-state index is 13.8. The molecule has 6 nitrogen and oxygen atoms in total. The van der Waals surface area contributed by atoms with Crippen LogP contribution in [0.3, 0.4) is 0 Å². The second-order valence-electron chi connectivity index (χ2n) is 7.39. The number of ketones is 1. The molecule has 4 aromatic rings. The number of nitrogens with one attached hydrogen (secondary N) is 1. The number of hydrogen-bond acceptors (Lipinski definition) is 6. The zero-order valence-electron chi connectivity index (χ0n) is 17.0. The van der Waals surface area contributed by atoms with Crippen LogP contribution in [0.4, 0.5) is 0 Å². The molecular weight excluding hydrogens is 430 g/mol. The number of fused-ring (bicyclic) bond motifs is 3. The molecule has 1 aliphatic carbocycles. The maximum absolute atomic E-state index is 13.8. The second-order valence-corrected chi connectivity index (χ2v) is 9.42. The third-order valence-corrected chi connectivity index (χ3v) is 7.64. The van der Waals surface area contributed by atoms with E-state index in [0.717, 1.165) is 36.1 Å². The predicted molar refractivity (Wildman–Crippen MR) is 124 cm³/mol. The van der Waals surface area contributed by atoms with Gasteiger partial charge in [-0.2, -0.15) is 0 Å². The highest BCUT2D eigenvalue weighted by molar-refractivity contribution is 7.99. The average Bonchev–Trinajstić information content (AvgIpc) is 3.45. The molecule has 0 saturated heterocycles. The van der Waals surface area contributed by atoms with Gasteiger partial charge in [-0.1, -0.05) is 23.9 Å². The molecule has 158 valence electrons. The van der Waals surface area contributed by atoms with Gasteiger partial charge in [0.1, 0.15) is 10.6 Å². The summed E-state index contributed by atoms with van der Waals surface area (Å²) in [6.07, 6.45) is 5.87. The molecule has 1 aromatic carbocycles. The number of aryl methyl sites for hydroxylation is 2. The van der Waals surface area contributed by atoms with E-state index in [1.54, 1.807) is 41.3 Å². The van der Waals surface area contributed by atoms with Crippen molar-refractivity contribution in [2.45, 2.75) is 30.8 Å². The molecule has 0 aliphatic heterocycles. The molecule has 1 N–H and O–H groups in total. The third-order valence-electron chi connectivity index (χ3n) is 5.51. The van der Waals surface area contributed by atoms with Crippen molar-refractivity contribution in [1.29, 1.82) is 0 Å². The summed E-state index contributed by atoms with van der Waals surface area (Å²) in [6, 6.07) is 11.0. The highest BCUT2D eigenvalue weighted by Gasteiger charge is 2.24. The smallest absolute Gasteiger partial charge is 0.267 e. The van der Waals surface area contributed by atoms with E-state index in [2.05, 4.69) is 4.98 Å². The number of thiophene rings is 1. The first kappa shape index (κ1) is 20.1. The van der Waals surface area contributed by atoms with Crippen molar-refractivity contribution < 1.29 is 9.53 Å². The number of H-pyrrole nitrogens is 1. The van der Waals surface area contributed by atoms with Crippen LogP contribution in [0, 0.1) is 0 Å². The van der Waals surface area contributed by atoms with Gasteiger partial charge in [0, 0.05) is 11.1 Å². The Hall–Kier alpha value is -2.84. The lowest BCUT2D eigenvalue weighted by atomic mass is 9.97. The monoisotopic (exact) mass is 451 g/mol. The summed E-state index contributed by atoms with van der Waals surface area (Å²) >= 11 is 2.89. The summed E-state index contributed by atoms with van der Waals surface area (Å²) < 4.78 is 7.14. The lowest BCUT2D eigenvalue weighted by Gasteiger charge is -2.15. The second kappa shape index (κ2) is 8.36. The summed E-state index contributed by atoms with van der Waals surface area (Å²) in [5.41, 5.74) is 2.23. The van der Waals surface area contributed by atoms with Crippen molar-refractivity contribution in [2.75, 3.05) is 12.9 Å². The highest BCUT2D eigenvalue weighted by atomic mass is 32.2. The number of thioether (sulfide) groups is 1. The van der Waals surface area contributed by atoms with Crippen molar-refractivity contribution in [1.82, 2.24) is 14.5 Å². The molecule has 3 heterocycles. The molecule has 5 rings (SSSR count). The molecule has 0 bridgehead atoms. The van der Waals surface area contributed by atoms with Gasteiger partial charge in [0.05, 0.1) is 29.6 Å². The molecule has 0 amide bonds. The number of methoxy groups -OCH3 is 1. The van der Waals surface area contributed by atoms with Crippen LogP contribution in [0.15, 0.2) is 52.5 Å². The minimum Gasteiger partial charge on any atom is -0.495 e. The molecule has 1 aliphatic rings. The number of ether oxygens (including phenoxy) is 1. The Kier molecular flexibility index (Phi) is 5.41. The van der Waals surface area contributed by atoms with Crippen molar-refractivity contribution in [2.24, 2.45) is 0 Å². The molecule has 0 radical (unpaired) electrons. The van der Waals surface area contributed by atoms with Crippen molar-refractivity contribution in [3.8, 4) is 11.4 Å². The van der Waals surface area contributed by atoms with Gasteiger partial charge >= 0.3 is 0 Å². The van der Waals surface area contributed by atoms with Gasteiger partial charge in [-0.15, -0.1) is 11.3 Å². The molecule has 31 heavy (non-hydrogen) atoms. The molecule has 0 atom stereocenters. The van der Waals surface area contributed by atoms with E-state index in [1.807, 2.05) is 24.3 Å². The predicted octanol–water partition coefficient (Wildman–Crippen LogP) is 4.64. The zero-order valence-corrected chi connectivity index (χ0v) is 18.6. The van der Waals surface area contributed by atoms with Gasteiger partial charge in [0.15, 0.2) is 10.9 Å². The molecule has 0 unspecified atom stereocenters. The number of hydrogen-bond donors (Lipinski definition) is 1. The fourth-order valence-electron chi connectivity index (χ4n) is 4.02. The van der Waals surface area contributed by atoms with Crippen LogP contribution in [-0.4, -0.2) is 33.2 Å². The number of carbonyl (C=O) groups is 1. The van der Waals surface area contributed by atoms with Crippen LogP contribution in [0.1, 0.15) is 33.8 Å². The van der Waals surface area contributed by atoms with Gasteiger partial charge < -0.3 is 9.72 Å². The first-order chi connectivity index (χ1) is 15.2. The van der Waals surface area contributed by atoms with E-state index in [4.69, 9.17) is 9.72 Å². The normalized spacial score (nSPS) is 13.3. The Balaban J connectivity index is 1.67. The van der Waals surface area contributed by atoms with Gasteiger partial charge in [-0.25, -0.2) is 4.98 Å². The summed E-state index contributed by atoms with van der Waals surface area (Å²) in [5.74, 6) is 0.729. The minimum atomic E-state index is -0.0938. The van der Waals surface area contributed by atoms with E-state index in [1.165, 1.54) is 16.6 Å². The molecular formula is C23H21N3O3S2. The lowest BCUT2D eigenvalue weighted by molar-refractivity contribution is 0.101. The third kappa shape index (κ3) is 3.59. The van der Waals surface area contributed by atoms with Crippen molar-refractivity contribution >= 4 is 39.1 Å². The Morgan fingerprint density at radius 3 is 2.87 bits per heavy atom. The summed E-state index contributed by atoms with van der Waals surface area (Å²) in [7, 11) is 1.59. The molecule has 8 heteroatoms. The van der Waals surface area contributed by atoms with Gasteiger partial charge in [0.25, 0.3) is 5.56 Å². The Morgan fingerprint density at radius 2 is 2.06 bits per heavy atom.